The lowest BCUT2D eigenvalue weighted by Gasteiger charge is -2.12. The third kappa shape index (κ3) is 3.82. The maximum absolute atomic E-state index is 12.1. The Morgan fingerprint density at radius 1 is 1.47 bits per heavy atom. The largest absolute Gasteiger partial charge is 0.398 e. The molecule has 0 aliphatic carbocycles. The standard InChI is InChI=1S/C12H17ClN2O3S/c13-9-3-4-11(14)12(8-9)19(16,17)15-6-5-10-2-1-7-18-10/h3-4,8,10,15H,1-2,5-7,14H2. The van der Waals surface area contributed by atoms with E-state index in [-0.39, 0.29) is 16.7 Å². The van der Waals surface area contributed by atoms with Gasteiger partial charge in [-0.1, -0.05) is 11.6 Å². The van der Waals surface area contributed by atoms with Gasteiger partial charge in [0.15, 0.2) is 0 Å². The molecule has 5 nitrogen and oxygen atoms in total. The zero-order valence-electron chi connectivity index (χ0n) is 10.4. The second kappa shape index (κ2) is 6.09. The highest BCUT2D eigenvalue weighted by molar-refractivity contribution is 7.89. The summed E-state index contributed by atoms with van der Waals surface area (Å²) in [5, 5.41) is 0.341. The molecule has 0 saturated carbocycles. The monoisotopic (exact) mass is 304 g/mol. The van der Waals surface area contributed by atoms with Crippen molar-refractivity contribution < 1.29 is 13.2 Å². The van der Waals surface area contributed by atoms with Crippen molar-refractivity contribution in [3.63, 3.8) is 0 Å². The summed E-state index contributed by atoms with van der Waals surface area (Å²) in [7, 11) is -3.62. The second-order valence-corrected chi connectivity index (χ2v) is 6.68. The lowest BCUT2D eigenvalue weighted by atomic mass is 10.2. The minimum atomic E-state index is -3.62. The highest BCUT2D eigenvalue weighted by atomic mass is 35.5. The first-order valence-corrected chi connectivity index (χ1v) is 8.01. The molecule has 1 atom stereocenters. The Hall–Kier alpha value is -0.820. The maximum atomic E-state index is 12.1. The molecule has 0 aromatic heterocycles. The number of halogens is 1. The van der Waals surface area contributed by atoms with Crippen molar-refractivity contribution in [2.75, 3.05) is 18.9 Å². The van der Waals surface area contributed by atoms with E-state index in [0.717, 1.165) is 19.4 Å². The van der Waals surface area contributed by atoms with E-state index in [1.165, 1.54) is 12.1 Å². The van der Waals surface area contributed by atoms with E-state index in [2.05, 4.69) is 4.72 Å². The van der Waals surface area contributed by atoms with Crippen molar-refractivity contribution in [1.29, 1.82) is 0 Å². The summed E-state index contributed by atoms with van der Waals surface area (Å²) in [4.78, 5) is 0.0207. The lowest BCUT2D eigenvalue weighted by molar-refractivity contribution is 0.105. The van der Waals surface area contributed by atoms with E-state index in [1.54, 1.807) is 6.07 Å². The number of ether oxygens (including phenoxy) is 1. The molecule has 106 valence electrons. The van der Waals surface area contributed by atoms with E-state index in [0.29, 0.717) is 18.0 Å². The highest BCUT2D eigenvalue weighted by Crippen LogP contribution is 2.22. The molecule has 1 aromatic rings. The van der Waals surface area contributed by atoms with Crippen LogP contribution in [0.15, 0.2) is 23.1 Å². The minimum Gasteiger partial charge on any atom is -0.398 e. The molecule has 1 unspecified atom stereocenters. The van der Waals surface area contributed by atoms with Crippen LogP contribution in [-0.2, 0) is 14.8 Å². The fourth-order valence-electron chi connectivity index (χ4n) is 2.04. The van der Waals surface area contributed by atoms with Gasteiger partial charge in [0.2, 0.25) is 10.0 Å². The fourth-order valence-corrected chi connectivity index (χ4v) is 3.48. The van der Waals surface area contributed by atoms with Gasteiger partial charge in [-0.3, -0.25) is 0 Å². The van der Waals surface area contributed by atoms with Crippen molar-refractivity contribution in [2.45, 2.75) is 30.3 Å². The molecule has 0 bridgehead atoms. The van der Waals surface area contributed by atoms with Crippen LogP contribution in [0.4, 0.5) is 5.69 Å². The van der Waals surface area contributed by atoms with E-state index in [9.17, 15) is 8.42 Å². The van der Waals surface area contributed by atoms with Gasteiger partial charge in [0.05, 0.1) is 11.8 Å². The molecule has 1 saturated heterocycles. The molecule has 0 spiro atoms. The Labute approximate surface area is 118 Å². The summed E-state index contributed by atoms with van der Waals surface area (Å²) in [6.07, 6.45) is 2.85. The van der Waals surface area contributed by atoms with Crippen LogP contribution >= 0.6 is 11.6 Å². The van der Waals surface area contributed by atoms with Crippen LogP contribution in [0, 0.1) is 0 Å². The van der Waals surface area contributed by atoms with E-state index >= 15 is 0 Å². The normalized spacial score (nSPS) is 19.7. The summed E-state index contributed by atoms with van der Waals surface area (Å²) >= 11 is 5.79. The number of hydrogen-bond acceptors (Lipinski definition) is 4. The Balaban J connectivity index is 1.99. The molecule has 1 heterocycles. The van der Waals surface area contributed by atoms with Crippen molar-refractivity contribution >= 4 is 27.3 Å². The Bertz CT molecular complexity index is 542. The molecule has 1 fully saturated rings. The average Bonchev–Trinajstić information content (AvgIpc) is 2.85. The number of nitrogen functional groups attached to an aromatic ring is 1. The van der Waals surface area contributed by atoms with Gasteiger partial charge in [0.1, 0.15) is 4.90 Å². The molecule has 1 aromatic carbocycles. The molecular formula is C12H17ClN2O3S. The summed E-state index contributed by atoms with van der Waals surface area (Å²) < 4.78 is 32.1. The summed E-state index contributed by atoms with van der Waals surface area (Å²) in [5.41, 5.74) is 5.86. The smallest absolute Gasteiger partial charge is 0.242 e. The number of sulfonamides is 1. The van der Waals surface area contributed by atoms with Gasteiger partial charge in [0, 0.05) is 18.2 Å². The molecule has 19 heavy (non-hydrogen) atoms. The van der Waals surface area contributed by atoms with Crippen LogP contribution in [-0.4, -0.2) is 27.7 Å². The lowest BCUT2D eigenvalue weighted by Crippen LogP contribution is -2.27. The van der Waals surface area contributed by atoms with Crippen LogP contribution < -0.4 is 10.5 Å². The van der Waals surface area contributed by atoms with E-state index < -0.39 is 10.0 Å². The summed E-state index contributed by atoms with van der Waals surface area (Å²) in [6, 6.07) is 4.39. The third-order valence-corrected chi connectivity index (χ3v) is 4.80. The molecule has 2 rings (SSSR count). The van der Waals surface area contributed by atoms with Gasteiger partial charge < -0.3 is 10.5 Å². The number of nitrogens with one attached hydrogen (secondary N) is 1. The van der Waals surface area contributed by atoms with Gasteiger partial charge in [0.25, 0.3) is 0 Å². The van der Waals surface area contributed by atoms with Gasteiger partial charge >= 0.3 is 0 Å². The van der Waals surface area contributed by atoms with Gasteiger partial charge in [-0.2, -0.15) is 0 Å². The third-order valence-electron chi connectivity index (χ3n) is 3.05. The first kappa shape index (κ1) is 14.6. The Morgan fingerprint density at radius 3 is 2.95 bits per heavy atom. The van der Waals surface area contributed by atoms with Crippen LogP contribution in [0.3, 0.4) is 0 Å². The van der Waals surface area contributed by atoms with Crippen LogP contribution in [0.5, 0.6) is 0 Å². The molecule has 3 N–H and O–H groups in total. The van der Waals surface area contributed by atoms with Gasteiger partial charge in [-0.15, -0.1) is 0 Å². The number of anilines is 1. The van der Waals surface area contributed by atoms with Crippen molar-refractivity contribution in [3.8, 4) is 0 Å². The van der Waals surface area contributed by atoms with E-state index in [4.69, 9.17) is 22.1 Å². The first-order valence-electron chi connectivity index (χ1n) is 6.15. The summed E-state index contributed by atoms with van der Waals surface area (Å²) in [6.45, 7) is 1.09. The van der Waals surface area contributed by atoms with Gasteiger partial charge in [-0.05, 0) is 37.5 Å². The number of nitrogens with two attached hydrogens (primary N) is 1. The van der Waals surface area contributed by atoms with Crippen LogP contribution in [0.1, 0.15) is 19.3 Å². The highest BCUT2D eigenvalue weighted by Gasteiger charge is 2.20. The number of benzene rings is 1. The quantitative estimate of drug-likeness (QED) is 0.812. The Morgan fingerprint density at radius 2 is 2.26 bits per heavy atom. The molecule has 0 amide bonds. The topological polar surface area (TPSA) is 81.4 Å². The maximum Gasteiger partial charge on any atom is 0.242 e. The SMILES string of the molecule is Nc1ccc(Cl)cc1S(=O)(=O)NCCC1CCCO1. The second-order valence-electron chi connectivity index (χ2n) is 4.50. The molecular weight excluding hydrogens is 288 g/mol. The van der Waals surface area contributed by atoms with Gasteiger partial charge in [-0.25, -0.2) is 13.1 Å². The van der Waals surface area contributed by atoms with Crippen LogP contribution in [0.2, 0.25) is 5.02 Å². The van der Waals surface area contributed by atoms with Crippen molar-refractivity contribution in [3.05, 3.63) is 23.2 Å². The number of hydrogen-bond donors (Lipinski definition) is 2. The molecule has 0 radical (unpaired) electrons. The predicted molar refractivity (Wildman–Crippen MR) is 74.6 cm³/mol. The van der Waals surface area contributed by atoms with E-state index in [1.807, 2.05) is 0 Å². The molecule has 1 aliphatic heterocycles. The van der Waals surface area contributed by atoms with Crippen molar-refractivity contribution in [1.82, 2.24) is 4.72 Å². The fraction of sp³-hybridized carbons (Fsp3) is 0.500. The van der Waals surface area contributed by atoms with Crippen molar-refractivity contribution in [2.24, 2.45) is 0 Å². The Kier molecular flexibility index (Phi) is 4.67. The summed E-state index contributed by atoms with van der Waals surface area (Å²) in [5.74, 6) is 0. The average molecular weight is 305 g/mol. The predicted octanol–water partition coefficient (Wildman–Crippen LogP) is 1.77. The molecule has 1 aliphatic rings. The van der Waals surface area contributed by atoms with Crippen LogP contribution in [0.25, 0.3) is 0 Å². The zero-order valence-corrected chi connectivity index (χ0v) is 12.0. The zero-order chi connectivity index (χ0) is 13.9. The molecule has 7 heteroatoms. The number of rotatable bonds is 5. The first-order chi connectivity index (χ1) is 8.99. The minimum absolute atomic E-state index is 0.0207.